The molecule has 1 rings (SSSR count). The normalized spacial score (nSPS) is 10.0. The van der Waals surface area contributed by atoms with Crippen molar-refractivity contribution in [2.45, 2.75) is 13.3 Å². The molecule has 0 spiro atoms. The number of nitrogens with zero attached hydrogens (tertiary/aromatic N) is 1. The molecule has 0 aliphatic carbocycles. The van der Waals surface area contributed by atoms with Crippen molar-refractivity contribution < 1.29 is 23.9 Å². The van der Waals surface area contributed by atoms with Crippen LogP contribution in [0.5, 0.6) is 0 Å². The van der Waals surface area contributed by atoms with Crippen molar-refractivity contribution in [2.75, 3.05) is 19.6 Å². The van der Waals surface area contributed by atoms with Gasteiger partial charge in [0.05, 0.1) is 12.1 Å². The van der Waals surface area contributed by atoms with Gasteiger partial charge in [0.15, 0.2) is 0 Å². The Labute approximate surface area is 121 Å². The van der Waals surface area contributed by atoms with E-state index in [2.05, 4.69) is 5.32 Å². The monoisotopic (exact) mass is 296 g/mol. The first-order valence-electron chi connectivity index (χ1n) is 6.48. The van der Waals surface area contributed by atoms with Crippen LogP contribution in [-0.4, -0.2) is 47.4 Å². The molecule has 0 fully saturated rings. The number of hydrogen-bond donors (Lipinski definition) is 2. The Hall–Kier alpha value is -2.44. The molecule has 7 heteroatoms. The minimum Gasteiger partial charge on any atom is -0.480 e. The number of hydrogen-bond acceptors (Lipinski definition) is 3. The van der Waals surface area contributed by atoms with Crippen LogP contribution in [0.25, 0.3) is 0 Å². The fourth-order valence-corrected chi connectivity index (χ4v) is 1.73. The predicted molar refractivity (Wildman–Crippen MR) is 73.2 cm³/mol. The molecule has 0 saturated carbocycles. The molecule has 0 unspecified atom stereocenters. The minimum atomic E-state index is -1.13. The maximum absolute atomic E-state index is 13.4. The van der Waals surface area contributed by atoms with Gasteiger partial charge >= 0.3 is 5.97 Å². The fraction of sp³-hybridized carbons (Fsp3) is 0.357. The number of amides is 2. The van der Waals surface area contributed by atoms with Gasteiger partial charge in [-0.25, -0.2) is 4.39 Å². The molecule has 1 aromatic carbocycles. The van der Waals surface area contributed by atoms with E-state index in [4.69, 9.17) is 5.11 Å². The van der Waals surface area contributed by atoms with Crippen molar-refractivity contribution in [1.29, 1.82) is 0 Å². The summed E-state index contributed by atoms with van der Waals surface area (Å²) in [5.41, 5.74) is -0.162. The van der Waals surface area contributed by atoms with Crippen LogP contribution in [0.2, 0.25) is 0 Å². The van der Waals surface area contributed by atoms with Crippen molar-refractivity contribution in [1.82, 2.24) is 10.2 Å². The second kappa shape index (κ2) is 7.98. The molecule has 0 heterocycles. The number of nitrogens with one attached hydrogen (secondary N) is 1. The summed E-state index contributed by atoms with van der Waals surface area (Å²) >= 11 is 0. The zero-order valence-electron chi connectivity index (χ0n) is 11.6. The second-order valence-electron chi connectivity index (χ2n) is 4.37. The topological polar surface area (TPSA) is 86.7 Å². The lowest BCUT2D eigenvalue weighted by Gasteiger charge is -2.20. The Morgan fingerprint density at radius 3 is 2.52 bits per heavy atom. The molecule has 114 valence electrons. The van der Waals surface area contributed by atoms with E-state index in [9.17, 15) is 18.8 Å². The van der Waals surface area contributed by atoms with Crippen molar-refractivity contribution in [3.8, 4) is 0 Å². The van der Waals surface area contributed by atoms with Crippen LogP contribution in [0, 0.1) is 5.82 Å². The van der Waals surface area contributed by atoms with Gasteiger partial charge in [-0.3, -0.25) is 14.4 Å². The van der Waals surface area contributed by atoms with Crippen molar-refractivity contribution >= 4 is 17.8 Å². The van der Waals surface area contributed by atoms with Gasteiger partial charge in [0.25, 0.3) is 5.91 Å². The molecule has 2 amide bonds. The third-order valence-electron chi connectivity index (χ3n) is 2.69. The van der Waals surface area contributed by atoms with E-state index in [-0.39, 0.29) is 18.7 Å². The average Bonchev–Trinajstić information content (AvgIpc) is 2.44. The number of carbonyl (C=O) groups is 3. The predicted octanol–water partition coefficient (Wildman–Crippen LogP) is 0.879. The smallest absolute Gasteiger partial charge is 0.323 e. The van der Waals surface area contributed by atoms with Gasteiger partial charge in [-0.2, -0.15) is 0 Å². The van der Waals surface area contributed by atoms with Crippen LogP contribution >= 0.6 is 0 Å². The quantitative estimate of drug-likeness (QED) is 0.782. The van der Waals surface area contributed by atoms with Gasteiger partial charge in [-0.15, -0.1) is 0 Å². The lowest BCUT2D eigenvalue weighted by atomic mass is 10.2. The molecule has 0 saturated heterocycles. The van der Waals surface area contributed by atoms with Crippen LogP contribution in [0.15, 0.2) is 24.3 Å². The van der Waals surface area contributed by atoms with Gasteiger partial charge in [0, 0.05) is 6.54 Å². The van der Waals surface area contributed by atoms with E-state index < -0.39 is 30.1 Å². The molecule has 0 radical (unpaired) electrons. The highest BCUT2D eigenvalue weighted by molar-refractivity contribution is 5.96. The summed E-state index contributed by atoms with van der Waals surface area (Å²) < 4.78 is 13.4. The summed E-state index contributed by atoms with van der Waals surface area (Å²) in [6.07, 6.45) is 0.597. The Balaban J connectivity index is 2.60. The zero-order chi connectivity index (χ0) is 15.8. The molecular weight excluding hydrogens is 279 g/mol. The van der Waals surface area contributed by atoms with Crippen LogP contribution in [0.3, 0.4) is 0 Å². The lowest BCUT2D eigenvalue weighted by molar-refractivity contribution is -0.144. The minimum absolute atomic E-state index is 0.162. The Bertz CT molecular complexity index is 533. The van der Waals surface area contributed by atoms with E-state index in [1.165, 1.54) is 18.2 Å². The number of carboxylic acids is 1. The van der Waals surface area contributed by atoms with Gasteiger partial charge in [-0.05, 0) is 18.6 Å². The summed E-state index contributed by atoms with van der Waals surface area (Å²) in [5.74, 6) is -3.05. The molecule has 0 aliphatic heterocycles. The third-order valence-corrected chi connectivity index (χ3v) is 2.69. The summed E-state index contributed by atoms with van der Waals surface area (Å²) in [7, 11) is 0. The van der Waals surface area contributed by atoms with Crippen molar-refractivity contribution in [3.63, 3.8) is 0 Å². The number of halogens is 1. The molecule has 21 heavy (non-hydrogen) atoms. The number of carbonyl (C=O) groups excluding carboxylic acids is 2. The molecule has 0 aliphatic rings. The maximum atomic E-state index is 13.4. The van der Waals surface area contributed by atoms with E-state index in [0.717, 1.165) is 11.0 Å². The van der Waals surface area contributed by atoms with Gasteiger partial charge in [-0.1, -0.05) is 19.1 Å². The van der Waals surface area contributed by atoms with Gasteiger partial charge < -0.3 is 15.3 Å². The van der Waals surface area contributed by atoms with Gasteiger partial charge in [0.1, 0.15) is 12.4 Å². The number of benzene rings is 1. The lowest BCUT2D eigenvalue weighted by Crippen LogP contribution is -2.43. The first-order valence-corrected chi connectivity index (χ1v) is 6.48. The molecule has 0 aromatic heterocycles. The molecule has 0 atom stereocenters. The van der Waals surface area contributed by atoms with Crippen molar-refractivity contribution in [2.24, 2.45) is 0 Å². The Morgan fingerprint density at radius 1 is 1.29 bits per heavy atom. The summed E-state index contributed by atoms with van der Waals surface area (Å²) in [6.45, 7) is 1.28. The molecule has 2 N–H and O–H groups in total. The molecular formula is C14H17FN2O4. The SMILES string of the molecule is CCCN(CC(=O)O)C(=O)CNC(=O)c1ccccc1F. The second-order valence-corrected chi connectivity index (χ2v) is 4.37. The highest BCUT2D eigenvalue weighted by Crippen LogP contribution is 2.05. The number of carboxylic acid groups (broad SMARTS) is 1. The fourth-order valence-electron chi connectivity index (χ4n) is 1.73. The number of aliphatic carboxylic acids is 1. The van der Waals surface area contributed by atoms with Crippen LogP contribution < -0.4 is 5.32 Å². The summed E-state index contributed by atoms with van der Waals surface area (Å²) in [5, 5.41) is 11.0. The Kier molecular flexibility index (Phi) is 6.32. The molecule has 1 aromatic rings. The van der Waals surface area contributed by atoms with Gasteiger partial charge in [0.2, 0.25) is 5.91 Å². The molecule has 0 bridgehead atoms. The maximum Gasteiger partial charge on any atom is 0.323 e. The first kappa shape index (κ1) is 16.6. The molecule has 6 nitrogen and oxygen atoms in total. The largest absolute Gasteiger partial charge is 0.480 e. The van der Waals surface area contributed by atoms with Crippen LogP contribution in [-0.2, 0) is 9.59 Å². The average molecular weight is 296 g/mol. The summed E-state index contributed by atoms with van der Waals surface area (Å²) in [6, 6.07) is 5.40. The first-order chi connectivity index (χ1) is 9.95. The van der Waals surface area contributed by atoms with E-state index in [1.807, 2.05) is 0 Å². The van der Waals surface area contributed by atoms with E-state index in [0.29, 0.717) is 6.42 Å². The van der Waals surface area contributed by atoms with E-state index >= 15 is 0 Å². The Morgan fingerprint density at radius 2 is 1.95 bits per heavy atom. The van der Waals surface area contributed by atoms with Crippen LogP contribution in [0.1, 0.15) is 23.7 Å². The van der Waals surface area contributed by atoms with Crippen molar-refractivity contribution in [3.05, 3.63) is 35.6 Å². The van der Waals surface area contributed by atoms with Crippen LogP contribution in [0.4, 0.5) is 4.39 Å². The van der Waals surface area contributed by atoms with E-state index in [1.54, 1.807) is 6.92 Å². The highest BCUT2D eigenvalue weighted by atomic mass is 19.1. The third kappa shape index (κ3) is 5.21. The zero-order valence-corrected chi connectivity index (χ0v) is 11.6. The summed E-state index contributed by atoms with van der Waals surface area (Å²) in [4.78, 5) is 35.4. The highest BCUT2D eigenvalue weighted by Gasteiger charge is 2.17. The standard InChI is InChI=1S/C14H17FN2O4/c1-2-7-17(9-13(19)20)12(18)8-16-14(21)10-5-3-4-6-11(10)15/h3-6H,2,7-9H2,1H3,(H,16,21)(H,19,20). The number of rotatable bonds is 7.